The molecular weight excluding hydrogens is 204 g/mol. The molecule has 0 radical (unpaired) electrons. The minimum Gasteiger partial charge on any atom is -0.449 e. The summed E-state index contributed by atoms with van der Waals surface area (Å²) >= 11 is 5.70. The number of amides is 1. The van der Waals surface area contributed by atoms with Gasteiger partial charge in [-0.1, -0.05) is 18.5 Å². The molecule has 14 heavy (non-hydrogen) atoms. The second-order valence-electron chi connectivity index (χ2n) is 2.62. The van der Waals surface area contributed by atoms with Crippen molar-refractivity contribution in [3.63, 3.8) is 0 Å². The van der Waals surface area contributed by atoms with E-state index in [4.69, 9.17) is 16.3 Å². The highest BCUT2D eigenvalue weighted by Gasteiger charge is 2.02. The molecule has 1 heterocycles. The van der Waals surface area contributed by atoms with Crippen LogP contribution in [-0.4, -0.2) is 17.7 Å². The molecule has 76 valence electrons. The van der Waals surface area contributed by atoms with Gasteiger partial charge >= 0.3 is 6.09 Å². The normalized spacial score (nSPS) is 9.57. The Bertz CT molecular complexity index is 317. The van der Waals surface area contributed by atoms with Gasteiger partial charge in [0.25, 0.3) is 0 Å². The second-order valence-corrected chi connectivity index (χ2v) is 3.06. The lowest BCUT2D eigenvalue weighted by molar-refractivity contribution is 0.161. The summed E-state index contributed by atoms with van der Waals surface area (Å²) in [4.78, 5) is 15.0. The van der Waals surface area contributed by atoms with Crippen molar-refractivity contribution in [1.82, 2.24) is 4.98 Å². The Balaban J connectivity index is 2.47. The molecule has 0 saturated carbocycles. The number of hydrogen-bond acceptors (Lipinski definition) is 3. The van der Waals surface area contributed by atoms with E-state index < -0.39 is 6.09 Å². The highest BCUT2D eigenvalue weighted by Crippen LogP contribution is 2.11. The van der Waals surface area contributed by atoms with E-state index in [0.717, 1.165) is 6.42 Å². The summed E-state index contributed by atoms with van der Waals surface area (Å²) in [7, 11) is 0. The number of anilines is 1. The van der Waals surface area contributed by atoms with E-state index in [9.17, 15) is 4.79 Å². The van der Waals surface area contributed by atoms with E-state index in [2.05, 4.69) is 10.3 Å². The van der Waals surface area contributed by atoms with Crippen LogP contribution in [0.25, 0.3) is 0 Å². The number of aromatic nitrogens is 1. The van der Waals surface area contributed by atoms with Gasteiger partial charge in [-0.05, 0) is 18.6 Å². The topological polar surface area (TPSA) is 51.2 Å². The number of ether oxygens (including phenoxy) is 1. The van der Waals surface area contributed by atoms with Gasteiger partial charge in [0, 0.05) is 11.2 Å². The van der Waals surface area contributed by atoms with E-state index in [0.29, 0.717) is 17.4 Å². The largest absolute Gasteiger partial charge is 0.449 e. The average Bonchev–Trinajstić information content (AvgIpc) is 2.15. The maximum Gasteiger partial charge on any atom is 0.412 e. The molecule has 1 aromatic rings. The number of halogens is 1. The molecule has 0 aliphatic rings. The van der Waals surface area contributed by atoms with Crippen molar-refractivity contribution in [2.75, 3.05) is 11.9 Å². The summed E-state index contributed by atoms with van der Waals surface area (Å²) in [5.41, 5.74) is 0. The fourth-order valence-corrected chi connectivity index (χ4v) is 0.968. The van der Waals surface area contributed by atoms with Gasteiger partial charge in [0.2, 0.25) is 0 Å². The van der Waals surface area contributed by atoms with E-state index in [1.807, 2.05) is 6.92 Å². The quantitative estimate of drug-likeness (QED) is 0.842. The van der Waals surface area contributed by atoms with Gasteiger partial charge < -0.3 is 4.74 Å². The van der Waals surface area contributed by atoms with E-state index in [1.165, 1.54) is 6.20 Å². The highest BCUT2D eigenvalue weighted by molar-refractivity contribution is 6.30. The minimum absolute atomic E-state index is 0.388. The lowest BCUT2D eigenvalue weighted by Crippen LogP contribution is -2.14. The number of carbonyl (C=O) groups is 1. The third-order valence-electron chi connectivity index (χ3n) is 1.39. The fourth-order valence-electron chi connectivity index (χ4n) is 0.809. The number of carbonyl (C=O) groups excluding carboxylic acids is 1. The predicted molar refractivity (Wildman–Crippen MR) is 54.5 cm³/mol. The van der Waals surface area contributed by atoms with Crippen LogP contribution < -0.4 is 5.32 Å². The molecule has 5 heteroatoms. The van der Waals surface area contributed by atoms with Crippen LogP contribution in [-0.2, 0) is 4.74 Å². The zero-order valence-electron chi connectivity index (χ0n) is 7.79. The highest BCUT2D eigenvalue weighted by atomic mass is 35.5. The van der Waals surface area contributed by atoms with Gasteiger partial charge in [0.05, 0.1) is 6.61 Å². The number of nitrogens with one attached hydrogen (secondary N) is 1. The molecule has 0 bridgehead atoms. The Kier molecular flexibility index (Phi) is 4.19. The molecule has 0 spiro atoms. The molecule has 1 rings (SSSR count). The third kappa shape index (κ3) is 3.62. The van der Waals surface area contributed by atoms with E-state index in [-0.39, 0.29) is 0 Å². The van der Waals surface area contributed by atoms with Crippen LogP contribution in [0.5, 0.6) is 0 Å². The first-order chi connectivity index (χ1) is 6.72. The Labute approximate surface area is 87.2 Å². The van der Waals surface area contributed by atoms with Crippen molar-refractivity contribution in [3.8, 4) is 0 Å². The van der Waals surface area contributed by atoms with Crippen LogP contribution in [0.15, 0.2) is 18.3 Å². The molecule has 1 aromatic heterocycles. The monoisotopic (exact) mass is 214 g/mol. The summed E-state index contributed by atoms with van der Waals surface area (Å²) in [6.07, 6.45) is 1.79. The van der Waals surface area contributed by atoms with Crippen LogP contribution in [0, 0.1) is 0 Å². The Morgan fingerprint density at radius 2 is 2.50 bits per heavy atom. The molecule has 0 aromatic carbocycles. The van der Waals surface area contributed by atoms with Gasteiger partial charge in [0.15, 0.2) is 0 Å². The van der Waals surface area contributed by atoms with Crippen molar-refractivity contribution in [3.05, 3.63) is 23.4 Å². The summed E-state index contributed by atoms with van der Waals surface area (Å²) in [5, 5.41) is 2.98. The molecule has 0 fully saturated rings. The lowest BCUT2D eigenvalue weighted by Gasteiger charge is -2.04. The first-order valence-electron chi connectivity index (χ1n) is 4.27. The minimum atomic E-state index is -0.512. The van der Waals surface area contributed by atoms with Crippen LogP contribution in [0.1, 0.15) is 13.3 Å². The van der Waals surface area contributed by atoms with Gasteiger partial charge in [-0.25, -0.2) is 9.78 Å². The molecule has 0 aliphatic heterocycles. The molecule has 0 atom stereocenters. The summed E-state index contributed by atoms with van der Waals surface area (Å²) in [6, 6.07) is 3.18. The number of nitrogens with zero attached hydrogens (tertiary/aromatic N) is 1. The van der Waals surface area contributed by atoms with Crippen LogP contribution in [0.3, 0.4) is 0 Å². The van der Waals surface area contributed by atoms with Crippen molar-refractivity contribution >= 4 is 23.5 Å². The van der Waals surface area contributed by atoms with Crippen LogP contribution >= 0.6 is 11.6 Å². The molecule has 0 aliphatic carbocycles. The van der Waals surface area contributed by atoms with Gasteiger partial charge in [-0.3, -0.25) is 5.32 Å². The Morgan fingerprint density at radius 1 is 1.71 bits per heavy atom. The van der Waals surface area contributed by atoms with Gasteiger partial charge in [0.1, 0.15) is 5.82 Å². The molecule has 1 N–H and O–H groups in total. The predicted octanol–water partition coefficient (Wildman–Crippen LogP) is 2.69. The molecular formula is C9H11ClN2O2. The maximum absolute atomic E-state index is 11.1. The molecule has 0 saturated heterocycles. The second kappa shape index (κ2) is 5.44. The Hall–Kier alpha value is -1.29. The molecule has 1 amide bonds. The van der Waals surface area contributed by atoms with Crippen LogP contribution in [0.2, 0.25) is 5.02 Å². The molecule has 4 nitrogen and oxygen atoms in total. The third-order valence-corrected chi connectivity index (χ3v) is 1.62. The van der Waals surface area contributed by atoms with Crippen LogP contribution in [0.4, 0.5) is 10.6 Å². The number of hydrogen-bond donors (Lipinski definition) is 1. The smallest absolute Gasteiger partial charge is 0.412 e. The lowest BCUT2D eigenvalue weighted by atomic mass is 10.4. The number of rotatable bonds is 3. The van der Waals surface area contributed by atoms with E-state index in [1.54, 1.807) is 12.1 Å². The molecule has 0 unspecified atom stereocenters. The van der Waals surface area contributed by atoms with Crippen molar-refractivity contribution in [2.45, 2.75) is 13.3 Å². The average molecular weight is 215 g/mol. The SMILES string of the molecule is CCCOC(=O)Nc1cc(Cl)ccn1. The Morgan fingerprint density at radius 3 is 3.14 bits per heavy atom. The summed E-state index contributed by atoms with van der Waals surface area (Å²) < 4.78 is 4.80. The zero-order chi connectivity index (χ0) is 10.4. The standard InChI is InChI=1S/C9H11ClN2O2/c1-2-5-14-9(13)12-8-6-7(10)3-4-11-8/h3-4,6H,2,5H2,1H3,(H,11,12,13). The van der Waals surface area contributed by atoms with Gasteiger partial charge in [-0.2, -0.15) is 0 Å². The summed E-state index contributed by atoms with van der Waals surface area (Å²) in [5.74, 6) is 0.388. The zero-order valence-corrected chi connectivity index (χ0v) is 8.54. The first kappa shape index (κ1) is 10.8. The number of pyridine rings is 1. The van der Waals surface area contributed by atoms with Crippen molar-refractivity contribution < 1.29 is 9.53 Å². The first-order valence-corrected chi connectivity index (χ1v) is 4.65. The van der Waals surface area contributed by atoms with Crippen molar-refractivity contribution in [1.29, 1.82) is 0 Å². The van der Waals surface area contributed by atoms with Crippen molar-refractivity contribution in [2.24, 2.45) is 0 Å². The van der Waals surface area contributed by atoms with E-state index >= 15 is 0 Å². The van der Waals surface area contributed by atoms with Gasteiger partial charge in [-0.15, -0.1) is 0 Å². The maximum atomic E-state index is 11.1. The fraction of sp³-hybridized carbons (Fsp3) is 0.333. The summed E-state index contributed by atoms with van der Waals surface area (Å²) in [6.45, 7) is 2.32.